The van der Waals surface area contributed by atoms with Gasteiger partial charge >= 0.3 is 23.9 Å². The van der Waals surface area contributed by atoms with Crippen LogP contribution < -0.4 is 9.47 Å². The molecule has 0 amide bonds. The zero-order valence-electron chi connectivity index (χ0n) is 20.2. The summed E-state index contributed by atoms with van der Waals surface area (Å²) in [5.41, 5.74) is 2.45. The maximum absolute atomic E-state index is 12.6. The van der Waals surface area contributed by atoms with Crippen LogP contribution in [0.1, 0.15) is 62.1 Å². The van der Waals surface area contributed by atoms with E-state index in [0.717, 1.165) is 11.1 Å². The molecule has 0 N–H and O–H groups in total. The second-order valence-corrected chi connectivity index (χ2v) is 9.65. The van der Waals surface area contributed by atoms with Crippen LogP contribution in [-0.2, 0) is 4.74 Å². The first-order chi connectivity index (χ1) is 19.3. The number of cyclic esters (lactones) is 2. The molecule has 6 rings (SSSR count). The topological polar surface area (TPSA) is 130 Å². The van der Waals surface area contributed by atoms with Crippen LogP contribution >= 0.6 is 11.8 Å². The molecular weight excluding hydrogens is 536 g/mol. The molecule has 4 aromatic rings. The molecule has 0 radical (unpaired) electrons. The van der Waals surface area contributed by atoms with E-state index in [-0.39, 0.29) is 50.0 Å². The average Bonchev–Trinajstić information content (AvgIpc) is 3.41. The summed E-state index contributed by atoms with van der Waals surface area (Å²) in [6.07, 6.45) is 0. The van der Waals surface area contributed by atoms with Gasteiger partial charge in [0.1, 0.15) is 11.5 Å². The fourth-order valence-corrected chi connectivity index (χ4v) is 4.92. The summed E-state index contributed by atoms with van der Waals surface area (Å²) in [6, 6.07) is 21.6. The zero-order chi connectivity index (χ0) is 28.0. The summed E-state index contributed by atoms with van der Waals surface area (Å²) in [5.74, 6) is -2.37. The molecule has 10 heteroatoms. The van der Waals surface area contributed by atoms with Gasteiger partial charge in [-0.25, -0.2) is 19.2 Å². The molecule has 0 spiro atoms. The number of thioether (sulfide) groups is 1. The van der Waals surface area contributed by atoms with E-state index in [4.69, 9.17) is 9.47 Å². The second-order valence-electron chi connectivity index (χ2n) is 8.70. The molecule has 2 heterocycles. The van der Waals surface area contributed by atoms with E-state index in [0.29, 0.717) is 11.8 Å². The monoisotopic (exact) mass is 550 g/mol. The van der Waals surface area contributed by atoms with Crippen molar-refractivity contribution in [1.29, 1.82) is 0 Å². The predicted octanol–water partition coefficient (Wildman–Crippen LogP) is 5.13. The van der Waals surface area contributed by atoms with Crippen LogP contribution in [0.3, 0.4) is 0 Å². The van der Waals surface area contributed by atoms with Gasteiger partial charge in [-0.3, -0.25) is 9.59 Å². The van der Waals surface area contributed by atoms with Gasteiger partial charge in [-0.1, -0.05) is 24.3 Å². The number of fused-ring (bicyclic) bond motifs is 2. The number of hydrogen-bond acceptors (Lipinski definition) is 10. The maximum Gasteiger partial charge on any atom is 0.346 e. The smallest absolute Gasteiger partial charge is 0.346 e. The molecule has 40 heavy (non-hydrogen) atoms. The van der Waals surface area contributed by atoms with Crippen LogP contribution in [0.25, 0.3) is 11.1 Å². The van der Waals surface area contributed by atoms with Crippen molar-refractivity contribution >= 4 is 45.9 Å². The van der Waals surface area contributed by atoms with E-state index in [1.54, 1.807) is 48.5 Å². The maximum atomic E-state index is 12.6. The number of carbonyl (C=O) groups excluding carboxylic acids is 6. The van der Waals surface area contributed by atoms with Crippen LogP contribution in [0.2, 0.25) is 0 Å². The fraction of sp³-hybridized carbons (Fsp3) is 0. The van der Waals surface area contributed by atoms with E-state index < -0.39 is 29.0 Å². The number of ether oxygens (including phenoxy) is 3. The van der Waals surface area contributed by atoms with Crippen molar-refractivity contribution < 1.29 is 43.0 Å². The van der Waals surface area contributed by atoms with Gasteiger partial charge in [-0.15, -0.1) is 0 Å². The lowest BCUT2D eigenvalue weighted by molar-refractivity contribution is 0.0442. The third kappa shape index (κ3) is 4.56. The molecule has 9 nitrogen and oxygen atoms in total. The number of rotatable bonds is 5. The minimum absolute atomic E-state index is 0.0156. The van der Waals surface area contributed by atoms with Crippen LogP contribution in [0.15, 0.2) is 84.9 Å². The van der Waals surface area contributed by atoms with Crippen molar-refractivity contribution in [1.82, 2.24) is 0 Å². The Morgan fingerprint density at radius 3 is 1.52 bits per heavy atom. The molecule has 0 bridgehead atoms. The number of carbonyl (C=O) groups is 6. The first kappa shape index (κ1) is 25.0. The molecule has 0 saturated carbocycles. The molecule has 0 saturated heterocycles. The molecule has 0 atom stereocenters. The summed E-state index contributed by atoms with van der Waals surface area (Å²) >= 11 is 0.600. The van der Waals surface area contributed by atoms with Crippen molar-refractivity contribution in [3.8, 4) is 22.6 Å². The molecule has 0 unspecified atom stereocenters. The predicted molar refractivity (Wildman–Crippen MR) is 141 cm³/mol. The Labute approximate surface area is 229 Å². The van der Waals surface area contributed by atoms with Crippen molar-refractivity contribution in [2.45, 2.75) is 0 Å². The van der Waals surface area contributed by atoms with Gasteiger partial charge in [0.05, 0.1) is 22.3 Å². The van der Waals surface area contributed by atoms with E-state index in [2.05, 4.69) is 4.74 Å². The van der Waals surface area contributed by atoms with Crippen LogP contribution in [0.4, 0.5) is 0 Å². The Morgan fingerprint density at radius 1 is 0.525 bits per heavy atom. The summed E-state index contributed by atoms with van der Waals surface area (Å²) in [7, 11) is 0. The fourth-order valence-electron chi connectivity index (χ4n) is 4.19. The van der Waals surface area contributed by atoms with Crippen molar-refractivity contribution in [2.24, 2.45) is 0 Å². The Kier molecular flexibility index (Phi) is 6.08. The number of esters is 4. The quantitative estimate of drug-likeness (QED) is 0.187. The lowest BCUT2D eigenvalue weighted by Gasteiger charge is -2.08. The minimum atomic E-state index is -0.809. The number of benzene rings is 4. The van der Waals surface area contributed by atoms with Gasteiger partial charge < -0.3 is 14.2 Å². The minimum Gasteiger partial charge on any atom is -0.423 e. The van der Waals surface area contributed by atoms with E-state index in [9.17, 15) is 28.8 Å². The molecule has 0 aliphatic carbocycles. The summed E-state index contributed by atoms with van der Waals surface area (Å²) < 4.78 is 15.3. The largest absolute Gasteiger partial charge is 0.423 e. The second kappa shape index (κ2) is 9.75. The molecule has 4 aromatic carbocycles. The Hall–Kier alpha value is -5.35. The Morgan fingerprint density at radius 2 is 0.975 bits per heavy atom. The van der Waals surface area contributed by atoms with Gasteiger partial charge in [0.15, 0.2) is 0 Å². The molecule has 0 aromatic heterocycles. The van der Waals surface area contributed by atoms with E-state index in [1.807, 2.05) is 0 Å². The van der Waals surface area contributed by atoms with Gasteiger partial charge in [0.2, 0.25) is 10.2 Å². The lowest BCUT2D eigenvalue weighted by atomic mass is 10.0. The first-order valence-electron chi connectivity index (χ1n) is 11.7. The van der Waals surface area contributed by atoms with Crippen molar-refractivity contribution in [2.75, 3.05) is 0 Å². The highest BCUT2D eigenvalue weighted by molar-refractivity contribution is 8.27. The van der Waals surface area contributed by atoms with E-state index in [1.165, 1.54) is 36.4 Å². The van der Waals surface area contributed by atoms with Gasteiger partial charge in [-0.2, -0.15) is 0 Å². The third-order valence-corrected chi connectivity index (χ3v) is 7.03. The third-order valence-electron chi connectivity index (χ3n) is 6.22. The summed E-state index contributed by atoms with van der Waals surface area (Å²) in [5, 5.41) is -0.736. The lowest BCUT2D eigenvalue weighted by Crippen LogP contribution is -2.09. The molecule has 194 valence electrons. The average molecular weight is 551 g/mol. The van der Waals surface area contributed by atoms with E-state index >= 15 is 0 Å². The van der Waals surface area contributed by atoms with Gasteiger partial charge in [0.25, 0.3) is 0 Å². The highest BCUT2D eigenvalue weighted by Crippen LogP contribution is 2.31. The highest BCUT2D eigenvalue weighted by Gasteiger charge is 2.31. The highest BCUT2D eigenvalue weighted by atomic mass is 32.2. The molecular formula is C30H14O9S. The first-order valence-corrected chi connectivity index (χ1v) is 12.5. The summed E-state index contributed by atoms with van der Waals surface area (Å²) in [6.45, 7) is 0. The van der Waals surface area contributed by atoms with Gasteiger partial charge in [-0.05, 0) is 83.6 Å². The van der Waals surface area contributed by atoms with Gasteiger partial charge in [0, 0.05) is 11.1 Å². The van der Waals surface area contributed by atoms with Crippen molar-refractivity contribution in [3.63, 3.8) is 0 Å². The Bertz CT molecular complexity index is 1650. The van der Waals surface area contributed by atoms with Crippen LogP contribution in [0, 0.1) is 0 Å². The van der Waals surface area contributed by atoms with Crippen LogP contribution in [0.5, 0.6) is 11.5 Å². The molecule has 2 aliphatic heterocycles. The van der Waals surface area contributed by atoms with Crippen molar-refractivity contribution in [3.05, 3.63) is 118 Å². The molecule has 2 aliphatic rings. The standard InChI is InChI=1S/C30H14O9S/c31-25(17-5-11-21-23(13-17)28(34)39-27(21)33)37-19-7-1-15(2-8-19)16-3-9-20(10-4-16)38-26(32)18-6-12-22-24(14-18)30(36)40-29(22)35/h1-14H. The Balaban J connectivity index is 1.10. The summed E-state index contributed by atoms with van der Waals surface area (Å²) in [4.78, 5) is 72.1. The van der Waals surface area contributed by atoms with Crippen LogP contribution in [-0.4, -0.2) is 34.1 Å². The SMILES string of the molecule is O=C(Oc1ccc(-c2ccc(OC(=O)c3ccc4c(c3)C(=O)SC4=O)cc2)cc1)c1ccc2c(c1)C(=O)OC2=O. The zero-order valence-corrected chi connectivity index (χ0v) is 21.0. The molecule has 0 fully saturated rings. The number of hydrogen-bond donors (Lipinski definition) is 0. The normalized spacial score (nSPS) is 13.5.